The van der Waals surface area contributed by atoms with Crippen LogP contribution in [0.25, 0.3) is 22.3 Å². The zero-order valence-corrected chi connectivity index (χ0v) is 21.4. The largest absolute Gasteiger partial charge is 0.496 e. The van der Waals surface area contributed by atoms with Gasteiger partial charge in [0.1, 0.15) is 5.75 Å². The van der Waals surface area contributed by atoms with E-state index in [2.05, 4.69) is 5.32 Å². The van der Waals surface area contributed by atoms with E-state index in [0.29, 0.717) is 27.5 Å². The van der Waals surface area contributed by atoms with Crippen LogP contribution < -0.4 is 10.1 Å². The first-order valence-corrected chi connectivity index (χ1v) is 12.2. The minimum atomic E-state index is -4.42. The first kappa shape index (κ1) is 27.7. The third kappa shape index (κ3) is 6.78. The van der Waals surface area contributed by atoms with Crippen molar-refractivity contribution in [3.8, 4) is 28.0 Å². The van der Waals surface area contributed by atoms with Gasteiger partial charge >= 0.3 is 12.1 Å². The monoisotopic (exact) mass is 553 g/mol. The molecule has 0 saturated carbocycles. The second-order valence-corrected chi connectivity index (χ2v) is 9.18. The summed E-state index contributed by atoms with van der Waals surface area (Å²) in [7, 11) is 1.55. The van der Waals surface area contributed by atoms with Crippen LogP contribution in [0.15, 0.2) is 91.0 Å². The van der Waals surface area contributed by atoms with Gasteiger partial charge in [-0.3, -0.25) is 9.59 Å². The van der Waals surface area contributed by atoms with Crippen molar-refractivity contribution in [2.75, 3.05) is 7.11 Å². The molecule has 4 rings (SSSR count). The molecular formula is C30H23ClF3NO4. The van der Waals surface area contributed by atoms with Crippen LogP contribution in [0.3, 0.4) is 0 Å². The summed E-state index contributed by atoms with van der Waals surface area (Å²) >= 11 is 6.14. The van der Waals surface area contributed by atoms with Gasteiger partial charge in [-0.1, -0.05) is 60.1 Å². The standard InChI is InChI=1S/C30H23ClF3NO4/c1-39-27-15-14-24(31)16-25(27)20-4-6-21(7-5-20)26(17-28(36)37)35-29(38)22-8-2-18(3-9-22)19-10-12-23(13-11-19)30(32,33)34/h2-16,26H,17H2,1H3,(H,35,38)(H,36,37). The summed E-state index contributed by atoms with van der Waals surface area (Å²) in [6.45, 7) is 0. The number of carboxylic acids is 1. The zero-order valence-electron chi connectivity index (χ0n) is 20.6. The summed E-state index contributed by atoms with van der Waals surface area (Å²) in [5, 5.41) is 12.7. The molecule has 9 heteroatoms. The van der Waals surface area contributed by atoms with Gasteiger partial charge in [-0.15, -0.1) is 0 Å². The molecule has 0 aromatic heterocycles. The number of nitrogens with one attached hydrogen (secondary N) is 1. The van der Waals surface area contributed by atoms with Gasteiger partial charge in [-0.2, -0.15) is 13.2 Å². The molecule has 0 saturated heterocycles. The maximum atomic E-state index is 13.0. The fraction of sp³-hybridized carbons (Fsp3) is 0.133. The van der Waals surface area contributed by atoms with Crippen LogP contribution in [-0.2, 0) is 11.0 Å². The van der Waals surface area contributed by atoms with Gasteiger partial charge in [0.25, 0.3) is 5.91 Å². The lowest BCUT2D eigenvalue weighted by molar-refractivity contribution is -0.138. The first-order valence-electron chi connectivity index (χ1n) is 11.8. The van der Waals surface area contributed by atoms with Crippen molar-refractivity contribution >= 4 is 23.5 Å². The Labute approximate surface area is 227 Å². The molecular weight excluding hydrogens is 531 g/mol. The van der Waals surface area contributed by atoms with Gasteiger partial charge in [0.15, 0.2) is 0 Å². The number of carboxylic acid groups (broad SMARTS) is 1. The topological polar surface area (TPSA) is 75.6 Å². The predicted molar refractivity (Wildman–Crippen MR) is 143 cm³/mol. The number of benzene rings is 4. The quantitative estimate of drug-likeness (QED) is 0.235. The Hall–Kier alpha value is -4.30. The lowest BCUT2D eigenvalue weighted by Gasteiger charge is -2.18. The molecule has 0 aliphatic carbocycles. The van der Waals surface area contributed by atoms with Crippen LogP contribution in [0.2, 0.25) is 5.02 Å². The third-order valence-electron chi connectivity index (χ3n) is 6.16. The van der Waals surface area contributed by atoms with Crippen LogP contribution >= 0.6 is 11.6 Å². The van der Waals surface area contributed by atoms with E-state index < -0.39 is 29.7 Å². The molecule has 1 amide bonds. The number of halogens is 4. The highest BCUT2D eigenvalue weighted by molar-refractivity contribution is 6.31. The summed E-state index contributed by atoms with van der Waals surface area (Å²) in [6, 6.07) is 22.5. The maximum absolute atomic E-state index is 13.0. The second kappa shape index (κ2) is 11.6. The van der Waals surface area contributed by atoms with E-state index in [0.717, 1.165) is 23.3 Å². The molecule has 4 aromatic carbocycles. The molecule has 0 fully saturated rings. The van der Waals surface area contributed by atoms with E-state index >= 15 is 0 Å². The Balaban J connectivity index is 1.51. The molecule has 2 N–H and O–H groups in total. The van der Waals surface area contributed by atoms with Gasteiger partial charge < -0.3 is 15.2 Å². The van der Waals surface area contributed by atoms with Crippen LogP contribution in [0.1, 0.15) is 33.9 Å². The Kier molecular flexibility index (Phi) is 8.26. The number of carbonyl (C=O) groups excluding carboxylic acids is 1. The number of methoxy groups -OCH3 is 1. The van der Waals surface area contributed by atoms with Crippen molar-refractivity contribution in [1.82, 2.24) is 5.32 Å². The summed E-state index contributed by atoms with van der Waals surface area (Å²) in [5.74, 6) is -0.943. The molecule has 0 bridgehead atoms. The highest BCUT2D eigenvalue weighted by atomic mass is 35.5. The smallest absolute Gasteiger partial charge is 0.416 e. The number of aliphatic carboxylic acids is 1. The van der Waals surface area contributed by atoms with Crippen molar-refractivity contribution < 1.29 is 32.6 Å². The molecule has 0 aliphatic rings. The minimum absolute atomic E-state index is 0.279. The van der Waals surface area contributed by atoms with Crippen LogP contribution in [0.4, 0.5) is 13.2 Å². The molecule has 0 heterocycles. The van der Waals surface area contributed by atoms with Gasteiger partial charge in [0.2, 0.25) is 0 Å². The average Bonchev–Trinajstić information content (AvgIpc) is 2.92. The van der Waals surface area contributed by atoms with Crippen LogP contribution in [0.5, 0.6) is 5.75 Å². The highest BCUT2D eigenvalue weighted by Gasteiger charge is 2.30. The van der Waals surface area contributed by atoms with Gasteiger partial charge in [0, 0.05) is 16.1 Å². The van der Waals surface area contributed by atoms with Gasteiger partial charge in [0.05, 0.1) is 25.1 Å². The summed E-state index contributed by atoms with van der Waals surface area (Å²) in [5.41, 5.74) is 2.90. The van der Waals surface area contributed by atoms with Gasteiger partial charge in [-0.05, 0) is 64.7 Å². The van der Waals surface area contributed by atoms with Crippen molar-refractivity contribution in [3.63, 3.8) is 0 Å². The Morgan fingerprint density at radius 2 is 1.44 bits per heavy atom. The average molecular weight is 554 g/mol. The second-order valence-electron chi connectivity index (χ2n) is 8.74. The predicted octanol–water partition coefficient (Wildman–Crippen LogP) is 7.65. The Morgan fingerprint density at radius 3 is 1.97 bits per heavy atom. The summed E-state index contributed by atoms with van der Waals surface area (Å²) in [4.78, 5) is 24.5. The molecule has 200 valence electrons. The van der Waals surface area contributed by atoms with E-state index in [1.165, 1.54) is 24.3 Å². The van der Waals surface area contributed by atoms with Crippen molar-refractivity contribution in [1.29, 1.82) is 0 Å². The third-order valence-corrected chi connectivity index (χ3v) is 6.40. The summed E-state index contributed by atoms with van der Waals surface area (Å²) < 4.78 is 43.9. The van der Waals surface area contributed by atoms with E-state index in [4.69, 9.17) is 16.3 Å². The van der Waals surface area contributed by atoms with E-state index in [9.17, 15) is 27.9 Å². The molecule has 0 spiro atoms. The molecule has 0 aliphatic heterocycles. The first-order chi connectivity index (χ1) is 18.5. The molecule has 1 unspecified atom stereocenters. The Morgan fingerprint density at radius 1 is 0.872 bits per heavy atom. The number of hydrogen-bond donors (Lipinski definition) is 2. The highest BCUT2D eigenvalue weighted by Crippen LogP contribution is 2.34. The number of carbonyl (C=O) groups is 2. The number of alkyl halides is 3. The molecule has 5 nitrogen and oxygen atoms in total. The van der Waals surface area contributed by atoms with Crippen LogP contribution in [0, 0.1) is 0 Å². The van der Waals surface area contributed by atoms with E-state index in [1.54, 1.807) is 61.7 Å². The van der Waals surface area contributed by atoms with Crippen molar-refractivity contribution in [3.05, 3.63) is 113 Å². The number of rotatable bonds is 8. The lowest BCUT2D eigenvalue weighted by atomic mass is 9.98. The van der Waals surface area contributed by atoms with Crippen molar-refractivity contribution in [2.45, 2.75) is 18.6 Å². The lowest BCUT2D eigenvalue weighted by Crippen LogP contribution is -2.30. The van der Waals surface area contributed by atoms with E-state index in [-0.39, 0.29) is 12.0 Å². The zero-order chi connectivity index (χ0) is 28.2. The molecule has 0 radical (unpaired) electrons. The maximum Gasteiger partial charge on any atom is 0.416 e. The number of hydrogen-bond acceptors (Lipinski definition) is 3. The molecule has 1 atom stereocenters. The fourth-order valence-corrected chi connectivity index (χ4v) is 4.31. The van der Waals surface area contributed by atoms with Crippen LogP contribution in [-0.4, -0.2) is 24.1 Å². The number of amides is 1. The SMILES string of the molecule is COc1ccc(Cl)cc1-c1ccc(C(CC(=O)O)NC(=O)c2ccc(-c3ccc(C(F)(F)F)cc3)cc2)cc1. The molecule has 4 aromatic rings. The van der Waals surface area contributed by atoms with Gasteiger partial charge in [-0.25, -0.2) is 0 Å². The number of ether oxygens (including phenoxy) is 1. The Bertz CT molecular complexity index is 1470. The normalized spacial score (nSPS) is 12.0. The van der Waals surface area contributed by atoms with Crippen molar-refractivity contribution in [2.24, 2.45) is 0 Å². The molecule has 39 heavy (non-hydrogen) atoms. The fourth-order valence-electron chi connectivity index (χ4n) is 4.13. The summed E-state index contributed by atoms with van der Waals surface area (Å²) in [6.07, 6.45) is -4.76. The minimum Gasteiger partial charge on any atom is -0.496 e. The van der Waals surface area contributed by atoms with E-state index in [1.807, 2.05) is 0 Å².